The number of benzene rings is 1. The molecule has 0 atom stereocenters. The largest absolute Gasteiger partial charge is 0.469 e. The molecular weight excluding hydrogens is 176 g/mol. The zero-order valence-corrected chi connectivity index (χ0v) is 9.12. The summed E-state index contributed by atoms with van der Waals surface area (Å²) < 4.78 is 4.11. The van der Waals surface area contributed by atoms with E-state index in [4.69, 9.17) is 0 Å². The molecule has 0 spiro atoms. The highest BCUT2D eigenvalue weighted by Gasteiger charge is 1.84. The zero-order chi connectivity index (χ0) is 10.8. The maximum atomic E-state index is 9.59. The van der Waals surface area contributed by atoms with Crippen LogP contribution in [0.15, 0.2) is 30.3 Å². The number of hydrogen-bond donors (Lipinski definition) is 0. The Kier molecular flexibility index (Phi) is 7.52. The van der Waals surface area contributed by atoms with Gasteiger partial charge in [0.15, 0.2) is 0 Å². The number of ether oxygens (including phenoxy) is 1. The Balaban J connectivity index is 0.000000292. The first-order valence-corrected chi connectivity index (χ1v) is 4.79. The van der Waals surface area contributed by atoms with Crippen LogP contribution in [0.2, 0.25) is 0 Å². The molecule has 0 saturated carbocycles. The van der Waals surface area contributed by atoms with Crippen LogP contribution in [0, 0.1) is 0 Å². The van der Waals surface area contributed by atoms with Crippen LogP contribution in [0.3, 0.4) is 0 Å². The van der Waals surface area contributed by atoms with E-state index >= 15 is 0 Å². The van der Waals surface area contributed by atoms with Crippen LogP contribution < -0.4 is 0 Å². The molecule has 1 rings (SSSR count). The standard InChI is InChI=1S/C9H12.C3H6O2/c1-2-6-9-7-4-3-5-8-9;1-3(4)5-2/h3-5,7-8H,2,6H2,1H3;1-2H3. The van der Waals surface area contributed by atoms with E-state index in [1.165, 1.54) is 32.4 Å². The minimum absolute atomic E-state index is 0.245. The molecule has 0 unspecified atom stereocenters. The topological polar surface area (TPSA) is 26.3 Å². The molecule has 1 aromatic rings. The Morgan fingerprint density at radius 1 is 1.29 bits per heavy atom. The molecule has 0 aliphatic rings. The quantitative estimate of drug-likeness (QED) is 0.677. The van der Waals surface area contributed by atoms with Gasteiger partial charge < -0.3 is 4.74 Å². The van der Waals surface area contributed by atoms with Crippen LogP contribution in [0.25, 0.3) is 0 Å². The molecule has 0 heterocycles. The smallest absolute Gasteiger partial charge is 0.302 e. The predicted molar refractivity (Wildman–Crippen MR) is 58.1 cm³/mol. The van der Waals surface area contributed by atoms with E-state index < -0.39 is 0 Å². The van der Waals surface area contributed by atoms with Gasteiger partial charge in [0, 0.05) is 6.92 Å². The zero-order valence-electron chi connectivity index (χ0n) is 9.12. The maximum Gasteiger partial charge on any atom is 0.302 e. The summed E-state index contributed by atoms with van der Waals surface area (Å²) in [6.07, 6.45) is 2.45. The normalized spacial score (nSPS) is 8.50. The van der Waals surface area contributed by atoms with Gasteiger partial charge in [0.05, 0.1) is 7.11 Å². The average Bonchev–Trinajstić information content (AvgIpc) is 2.21. The molecule has 0 fully saturated rings. The lowest BCUT2D eigenvalue weighted by molar-refractivity contribution is -0.137. The summed E-state index contributed by atoms with van der Waals surface area (Å²) in [4.78, 5) is 9.59. The number of esters is 1. The van der Waals surface area contributed by atoms with Crippen molar-refractivity contribution in [2.24, 2.45) is 0 Å². The van der Waals surface area contributed by atoms with Crippen LogP contribution in [-0.2, 0) is 16.0 Å². The van der Waals surface area contributed by atoms with Crippen LogP contribution in [-0.4, -0.2) is 13.1 Å². The molecule has 0 saturated heterocycles. The van der Waals surface area contributed by atoms with Crippen LogP contribution in [0.1, 0.15) is 25.8 Å². The van der Waals surface area contributed by atoms with Gasteiger partial charge in [-0.2, -0.15) is 0 Å². The first-order valence-electron chi connectivity index (χ1n) is 4.79. The van der Waals surface area contributed by atoms with Gasteiger partial charge >= 0.3 is 5.97 Å². The Bertz CT molecular complexity index is 242. The molecule has 0 aliphatic carbocycles. The fourth-order valence-electron chi connectivity index (χ4n) is 0.933. The molecule has 0 amide bonds. The Morgan fingerprint density at radius 3 is 2.14 bits per heavy atom. The van der Waals surface area contributed by atoms with E-state index in [9.17, 15) is 4.79 Å². The molecule has 2 heteroatoms. The molecule has 0 aromatic heterocycles. The van der Waals surface area contributed by atoms with Crippen molar-refractivity contribution in [2.45, 2.75) is 26.7 Å². The van der Waals surface area contributed by atoms with Crippen LogP contribution >= 0.6 is 0 Å². The number of aryl methyl sites for hydroxylation is 1. The third-order valence-electron chi connectivity index (χ3n) is 1.67. The lowest BCUT2D eigenvalue weighted by atomic mass is 10.1. The number of carbonyl (C=O) groups is 1. The van der Waals surface area contributed by atoms with E-state index in [1.54, 1.807) is 0 Å². The van der Waals surface area contributed by atoms with Crippen molar-refractivity contribution < 1.29 is 9.53 Å². The van der Waals surface area contributed by atoms with E-state index in [1.807, 2.05) is 0 Å². The maximum absolute atomic E-state index is 9.59. The SMILES string of the molecule is CCCc1ccccc1.COC(C)=O. The molecule has 1 aromatic carbocycles. The van der Waals surface area contributed by atoms with Crippen molar-refractivity contribution in [2.75, 3.05) is 7.11 Å². The molecule has 0 bridgehead atoms. The van der Waals surface area contributed by atoms with E-state index in [0.717, 1.165) is 0 Å². The van der Waals surface area contributed by atoms with Crippen LogP contribution in [0.5, 0.6) is 0 Å². The van der Waals surface area contributed by atoms with Gasteiger partial charge in [0.2, 0.25) is 0 Å². The fourth-order valence-corrected chi connectivity index (χ4v) is 0.933. The summed E-state index contributed by atoms with van der Waals surface area (Å²) in [6.45, 7) is 3.56. The number of hydrogen-bond acceptors (Lipinski definition) is 2. The highest BCUT2D eigenvalue weighted by Crippen LogP contribution is 2.00. The average molecular weight is 194 g/mol. The Hall–Kier alpha value is -1.31. The van der Waals surface area contributed by atoms with E-state index in [-0.39, 0.29) is 5.97 Å². The van der Waals surface area contributed by atoms with Gasteiger partial charge in [-0.3, -0.25) is 4.79 Å². The van der Waals surface area contributed by atoms with Gasteiger partial charge in [0.1, 0.15) is 0 Å². The first-order chi connectivity index (χ1) is 6.70. The van der Waals surface area contributed by atoms with E-state index in [2.05, 4.69) is 42.0 Å². The summed E-state index contributed by atoms with van der Waals surface area (Å²) in [5.74, 6) is -0.245. The Morgan fingerprint density at radius 2 is 1.79 bits per heavy atom. The molecule has 78 valence electrons. The Labute approximate surface area is 85.9 Å². The molecule has 0 aliphatic heterocycles. The third kappa shape index (κ3) is 7.35. The second-order valence-corrected chi connectivity index (χ2v) is 2.93. The second-order valence-electron chi connectivity index (χ2n) is 2.93. The summed E-state index contributed by atoms with van der Waals surface area (Å²) in [5, 5.41) is 0. The lowest BCUT2D eigenvalue weighted by Gasteiger charge is -1.93. The van der Waals surface area contributed by atoms with E-state index in [0.29, 0.717) is 0 Å². The van der Waals surface area contributed by atoms with Crippen molar-refractivity contribution in [3.8, 4) is 0 Å². The van der Waals surface area contributed by atoms with Crippen molar-refractivity contribution in [1.29, 1.82) is 0 Å². The van der Waals surface area contributed by atoms with Crippen molar-refractivity contribution in [3.05, 3.63) is 35.9 Å². The van der Waals surface area contributed by atoms with Gasteiger partial charge in [-0.25, -0.2) is 0 Å². The lowest BCUT2D eigenvalue weighted by Crippen LogP contribution is -1.88. The molecule has 0 radical (unpaired) electrons. The van der Waals surface area contributed by atoms with Gasteiger partial charge in [0.25, 0.3) is 0 Å². The highest BCUT2D eigenvalue weighted by atomic mass is 16.5. The second kappa shape index (κ2) is 8.30. The molecule has 2 nitrogen and oxygen atoms in total. The van der Waals surface area contributed by atoms with Crippen molar-refractivity contribution in [1.82, 2.24) is 0 Å². The molecule has 14 heavy (non-hydrogen) atoms. The summed E-state index contributed by atoms with van der Waals surface area (Å²) in [7, 11) is 1.35. The fraction of sp³-hybridized carbons (Fsp3) is 0.417. The summed E-state index contributed by atoms with van der Waals surface area (Å²) in [5.41, 5.74) is 1.44. The number of carbonyl (C=O) groups excluding carboxylic acids is 1. The predicted octanol–water partition coefficient (Wildman–Crippen LogP) is 2.82. The molecular formula is C12H18O2. The monoisotopic (exact) mass is 194 g/mol. The third-order valence-corrected chi connectivity index (χ3v) is 1.67. The molecule has 0 N–H and O–H groups in total. The first kappa shape index (κ1) is 12.7. The van der Waals surface area contributed by atoms with Crippen molar-refractivity contribution in [3.63, 3.8) is 0 Å². The minimum Gasteiger partial charge on any atom is -0.469 e. The van der Waals surface area contributed by atoms with Gasteiger partial charge in [-0.15, -0.1) is 0 Å². The van der Waals surface area contributed by atoms with Crippen LogP contribution in [0.4, 0.5) is 0 Å². The van der Waals surface area contributed by atoms with Gasteiger partial charge in [-0.05, 0) is 12.0 Å². The van der Waals surface area contributed by atoms with Crippen molar-refractivity contribution >= 4 is 5.97 Å². The van der Waals surface area contributed by atoms with Gasteiger partial charge in [-0.1, -0.05) is 43.7 Å². The number of rotatable bonds is 2. The highest BCUT2D eigenvalue weighted by molar-refractivity contribution is 5.65. The summed E-state index contributed by atoms with van der Waals surface area (Å²) >= 11 is 0. The summed E-state index contributed by atoms with van der Waals surface area (Å²) in [6, 6.07) is 10.6. The number of methoxy groups -OCH3 is 1. The minimum atomic E-state index is -0.245.